The van der Waals surface area contributed by atoms with E-state index in [-0.39, 0.29) is 11.4 Å². The SMILES string of the molecule is O=S(=O)(F)Oc1cccc(-n2ccc(C(F)(F)F)n2)c1. The Hall–Kier alpha value is -2.10. The minimum atomic E-state index is -5.20. The highest BCUT2D eigenvalue weighted by molar-refractivity contribution is 7.81. The van der Waals surface area contributed by atoms with Crippen molar-refractivity contribution >= 4 is 10.5 Å². The molecule has 5 nitrogen and oxygen atoms in total. The highest BCUT2D eigenvalue weighted by Gasteiger charge is 2.33. The van der Waals surface area contributed by atoms with E-state index in [1.807, 2.05) is 0 Å². The quantitative estimate of drug-likeness (QED) is 0.645. The average Bonchev–Trinajstić information content (AvgIpc) is 2.75. The molecule has 0 aliphatic heterocycles. The van der Waals surface area contributed by atoms with Crippen LogP contribution < -0.4 is 4.18 Å². The number of aromatic nitrogens is 2. The standard InChI is InChI=1S/C10H6F4N2O3S/c11-10(12,13)9-4-5-16(15-9)7-2-1-3-8(6-7)19-20(14,17)18/h1-6H. The van der Waals surface area contributed by atoms with Crippen molar-refractivity contribution in [1.29, 1.82) is 0 Å². The summed E-state index contributed by atoms with van der Waals surface area (Å²) in [6, 6.07) is 5.55. The van der Waals surface area contributed by atoms with Gasteiger partial charge in [0.15, 0.2) is 5.69 Å². The van der Waals surface area contributed by atoms with Crippen molar-refractivity contribution in [1.82, 2.24) is 9.78 Å². The molecule has 0 atom stereocenters. The highest BCUT2D eigenvalue weighted by Crippen LogP contribution is 2.28. The molecule has 0 bridgehead atoms. The molecule has 0 amide bonds. The summed E-state index contributed by atoms with van der Waals surface area (Å²) in [4.78, 5) is 0. The van der Waals surface area contributed by atoms with Gasteiger partial charge in [0.05, 0.1) is 5.69 Å². The van der Waals surface area contributed by atoms with Crippen molar-refractivity contribution in [2.24, 2.45) is 0 Å². The number of nitrogens with zero attached hydrogens (tertiary/aromatic N) is 2. The third kappa shape index (κ3) is 3.47. The monoisotopic (exact) mass is 310 g/mol. The lowest BCUT2D eigenvalue weighted by Gasteiger charge is -2.05. The van der Waals surface area contributed by atoms with Gasteiger partial charge in [0, 0.05) is 12.3 Å². The second-order valence-corrected chi connectivity index (χ2v) is 4.57. The summed E-state index contributed by atoms with van der Waals surface area (Å²) >= 11 is 0. The van der Waals surface area contributed by atoms with Gasteiger partial charge >= 0.3 is 16.7 Å². The molecule has 1 heterocycles. The molecular weight excluding hydrogens is 304 g/mol. The predicted molar refractivity (Wildman–Crippen MR) is 59.2 cm³/mol. The van der Waals surface area contributed by atoms with Crippen LogP contribution in [0.2, 0.25) is 0 Å². The van der Waals surface area contributed by atoms with Crippen molar-refractivity contribution in [3.8, 4) is 11.4 Å². The van der Waals surface area contributed by atoms with Crippen LogP contribution in [-0.4, -0.2) is 18.2 Å². The Labute approximate surface area is 110 Å². The Balaban J connectivity index is 2.34. The lowest BCUT2D eigenvalue weighted by atomic mass is 10.3. The molecule has 0 unspecified atom stereocenters. The maximum Gasteiger partial charge on any atom is 0.488 e. The molecule has 1 aromatic carbocycles. The van der Waals surface area contributed by atoms with Gasteiger partial charge < -0.3 is 4.18 Å². The van der Waals surface area contributed by atoms with Crippen molar-refractivity contribution in [2.45, 2.75) is 6.18 Å². The van der Waals surface area contributed by atoms with Gasteiger partial charge in [0.2, 0.25) is 0 Å². The third-order valence-electron chi connectivity index (χ3n) is 2.16. The van der Waals surface area contributed by atoms with Crippen LogP contribution in [0.25, 0.3) is 5.69 Å². The zero-order valence-corrected chi connectivity index (χ0v) is 10.3. The van der Waals surface area contributed by atoms with E-state index in [2.05, 4.69) is 9.28 Å². The number of halogens is 4. The van der Waals surface area contributed by atoms with E-state index in [0.29, 0.717) is 0 Å². The van der Waals surface area contributed by atoms with Crippen LogP contribution in [-0.2, 0) is 16.7 Å². The summed E-state index contributed by atoms with van der Waals surface area (Å²) in [6.07, 6.45) is -3.56. The third-order valence-corrected chi connectivity index (χ3v) is 2.55. The van der Waals surface area contributed by atoms with Crippen LogP contribution in [0.5, 0.6) is 5.75 Å². The second-order valence-electron chi connectivity index (χ2n) is 3.62. The normalized spacial score (nSPS) is 12.4. The minimum absolute atomic E-state index is 0.0849. The summed E-state index contributed by atoms with van der Waals surface area (Å²) in [5, 5.41) is 3.28. The van der Waals surface area contributed by atoms with Crippen LogP contribution in [0.1, 0.15) is 5.69 Å². The van der Waals surface area contributed by atoms with Gasteiger partial charge in [-0.05, 0) is 18.2 Å². The fourth-order valence-corrected chi connectivity index (χ4v) is 1.75. The summed E-state index contributed by atoms with van der Waals surface area (Å²) in [6.45, 7) is 0. The lowest BCUT2D eigenvalue weighted by Crippen LogP contribution is -2.07. The Morgan fingerprint density at radius 1 is 1.20 bits per heavy atom. The molecule has 0 fully saturated rings. The predicted octanol–water partition coefficient (Wildman–Crippen LogP) is 2.48. The van der Waals surface area contributed by atoms with Gasteiger partial charge in [-0.2, -0.15) is 26.7 Å². The molecule has 0 aliphatic rings. The summed E-state index contributed by atoms with van der Waals surface area (Å²) in [7, 11) is -5.20. The van der Waals surface area contributed by atoms with Crippen LogP contribution in [0.15, 0.2) is 36.5 Å². The zero-order valence-electron chi connectivity index (χ0n) is 9.50. The maximum atomic E-state index is 12.4. The molecule has 0 saturated heterocycles. The van der Waals surface area contributed by atoms with Crippen molar-refractivity contribution in [3.63, 3.8) is 0 Å². The van der Waals surface area contributed by atoms with Crippen LogP contribution in [0, 0.1) is 0 Å². The van der Waals surface area contributed by atoms with E-state index >= 15 is 0 Å². The fraction of sp³-hybridized carbons (Fsp3) is 0.100. The van der Waals surface area contributed by atoms with Gasteiger partial charge in [-0.3, -0.25) is 0 Å². The lowest BCUT2D eigenvalue weighted by molar-refractivity contribution is -0.141. The van der Waals surface area contributed by atoms with Crippen LogP contribution in [0.3, 0.4) is 0 Å². The topological polar surface area (TPSA) is 61.2 Å². The van der Waals surface area contributed by atoms with Gasteiger partial charge in [0.25, 0.3) is 0 Å². The number of rotatable bonds is 3. The van der Waals surface area contributed by atoms with E-state index in [4.69, 9.17) is 0 Å². The van der Waals surface area contributed by atoms with Gasteiger partial charge in [0.1, 0.15) is 5.75 Å². The Kier molecular flexibility index (Phi) is 3.42. The first-order chi connectivity index (χ1) is 9.15. The molecule has 2 aromatic rings. The van der Waals surface area contributed by atoms with E-state index in [9.17, 15) is 25.5 Å². The fourth-order valence-electron chi connectivity index (χ4n) is 1.41. The van der Waals surface area contributed by atoms with Crippen LogP contribution in [0.4, 0.5) is 17.1 Å². The molecule has 1 aromatic heterocycles. The Morgan fingerprint density at radius 3 is 2.45 bits per heavy atom. The molecule has 0 radical (unpaired) electrons. The smallest absolute Gasteiger partial charge is 0.358 e. The Morgan fingerprint density at radius 2 is 1.90 bits per heavy atom. The van der Waals surface area contributed by atoms with E-state index in [0.717, 1.165) is 29.1 Å². The van der Waals surface area contributed by atoms with E-state index < -0.39 is 22.4 Å². The van der Waals surface area contributed by atoms with E-state index in [1.165, 1.54) is 12.1 Å². The maximum absolute atomic E-state index is 12.4. The number of alkyl halides is 3. The van der Waals surface area contributed by atoms with Crippen molar-refractivity contribution in [2.75, 3.05) is 0 Å². The van der Waals surface area contributed by atoms with Gasteiger partial charge in [-0.1, -0.05) is 9.95 Å². The first-order valence-electron chi connectivity index (χ1n) is 5.02. The van der Waals surface area contributed by atoms with E-state index in [1.54, 1.807) is 0 Å². The second kappa shape index (κ2) is 4.78. The molecule has 0 aliphatic carbocycles. The molecule has 2 rings (SSSR count). The van der Waals surface area contributed by atoms with Crippen molar-refractivity contribution < 1.29 is 29.7 Å². The molecule has 10 heteroatoms. The number of hydrogen-bond acceptors (Lipinski definition) is 4. The summed E-state index contributed by atoms with van der Waals surface area (Å²) < 4.78 is 75.0. The first-order valence-corrected chi connectivity index (χ1v) is 6.33. The Bertz CT molecular complexity index is 724. The van der Waals surface area contributed by atoms with Gasteiger partial charge in [-0.25, -0.2) is 4.68 Å². The van der Waals surface area contributed by atoms with Gasteiger partial charge in [-0.15, -0.1) is 0 Å². The number of hydrogen-bond donors (Lipinski definition) is 0. The molecule has 108 valence electrons. The molecule has 20 heavy (non-hydrogen) atoms. The number of benzene rings is 1. The first kappa shape index (κ1) is 14.3. The minimum Gasteiger partial charge on any atom is -0.358 e. The summed E-state index contributed by atoms with van der Waals surface area (Å²) in [5.41, 5.74) is -1.02. The van der Waals surface area contributed by atoms with Crippen molar-refractivity contribution in [3.05, 3.63) is 42.2 Å². The molecule has 0 N–H and O–H groups in total. The molecular formula is C10H6F4N2O3S. The molecule has 0 saturated carbocycles. The van der Waals surface area contributed by atoms with Crippen LogP contribution >= 0.6 is 0 Å². The highest BCUT2D eigenvalue weighted by atomic mass is 32.3. The largest absolute Gasteiger partial charge is 0.488 e. The summed E-state index contributed by atoms with van der Waals surface area (Å²) in [5.74, 6) is -0.381. The zero-order chi connectivity index (χ0) is 15.0. The average molecular weight is 310 g/mol. The molecule has 0 spiro atoms.